The van der Waals surface area contributed by atoms with Crippen LogP contribution in [0.5, 0.6) is 11.5 Å². The number of pyridine rings is 2. The van der Waals surface area contributed by atoms with Gasteiger partial charge in [-0.15, -0.1) is 0 Å². The average molecular weight is 491 g/mol. The van der Waals surface area contributed by atoms with Crippen LogP contribution in [0.2, 0.25) is 0 Å². The number of aromatic nitrogens is 3. The van der Waals surface area contributed by atoms with E-state index in [2.05, 4.69) is 10.3 Å². The van der Waals surface area contributed by atoms with E-state index in [9.17, 15) is 18.8 Å². The average Bonchev–Trinajstić information content (AvgIpc) is 3.24. The minimum Gasteiger partial charge on any atom is -0.455 e. The summed E-state index contributed by atoms with van der Waals surface area (Å²) < 4.78 is 22.9. The van der Waals surface area contributed by atoms with Gasteiger partial charge in [-0.3, -0.25) is 14.4 Å². The molecule has 186 valence electrons. The number of aromatic amines is 1. The van der Waals surface area contributed by atoms with Gasteiger partial charge in [-0.25, -0.2) is 4.39 Å². The molecular weight excluding hydrogens is 463 g/mol. The molecule has 1 aliphatic rings. The van der Waals surface area contributed by atoms with Crippen molar-refractivity contribution in [3.8, 4) is 22.6 Å². The predicted molar refractivity (Wildman–Crippen MR) is 135 cm³/mol. The number of nitrogens with one attached hydrogen (secondary N) is 2. The lowest BCUT2D eigenvalue weighted by molar-refractivity contribution is 0.0912. The maximum atomic E-state index is 13.9. The fourth-order valence-corrected chi connectivity index (χ4v) is 4.55. The van der Waals surface area contributed by atoms with E-state index in [1.807, 2.05) is 0 Å². The molecule has 0 saturated heterocycles. The Morgan fingerprint density at radius 2 is 1.72 bits per heavy atom. The number of amides is 1. The SMILES string of the molecule is Cc1cc(F)cc(C)c1Oc1cn(C)c(=O)cc1-c1cn(C)c(=O)c2[nH]c(C(=O)NC3CCC3)cc12. The molecule has 0 atom stereocenters. The molecule has 36 heavy (non-hydrogen) atoms. The number of aryl methyl sites for hydroxylation is 4. The molecule has 2 N–H and O–H groups in total. The summed E-state index contributed by atoms with van der Waals surface area (Å²) in [5, 5.41) is 3.48. The summed E-state index contributed by atoms with van der Waals surface area (Å²) in [6, 6.07) is 5.98. The standard InChI is InChI=1S/C27H27FN4O4/c1-14-8-16(28)9-15(2)25(14)36-22-13-31(3)23(33)11-18(22)20-12-32(4)27(35)24-19(20)10-21(30-24)26(34)29-17-6-5-7-17/h8-13,17,30H,5-7H2,1-4H3,(H,29,34). The molecule has 9 heteroatoms. The number of carbonyl (C=O) groups excluding carboxylic acids is 1. The second kappa shape index (κ2) is 8.82. The third-order valence-electron chi connectivity index (χ3n) is 6.77. The number of hydrogen-bond donors (Lipinski definition) is 2. The molecule has 0 unspecified atom stereocenters. The zero-order valence-corrected chi connectivity index (χ0v) is 20.6. The number of halogens is 1. The van der Waals surface area contributed by atoms with E-state index in [1.165, 1.54) is 27.3 Å². The first kappa shape index (κ1) is 23.6. The van der Waals surface area contributed by atoms with Crippen molar-refractivity contribution in [2.45, 2.75) is 39.2 Å². The van der Waals surface area contributed by atoms with E-state index in [-0.39, 0.29) is 40.1 Å². The first-order chi connectivity index (χ1) is 17.1. The highest BCUT2D eigenvalue weighted by Gasteiger charge is 2.23. The van der Waals surface area contributed by atoms with Crippen LogP contribution in [0.15, 0.2) is 46.2 Å². The molecule has 3 heterocycles. The molecular formula is C27H27FN4O4. The van der Waals surface area contributed by atoms with Crippen molar-refractivity contribution in [2.24, 2.45) is 14.1 Å². The van der Waals surface area contributed by atoms with Crippen molar-refractivity contribution in [3.05, 3.63) is 80.0 Å². The summed E-state index contributed by atoms with van der Waals surface area (Å²) in [6.45, 7) is 3.49. The Kier molecular flexibility index (Phi) is 5.78. The molecule has 1 aromatic carbocycles. The van der Waals surface area contributed by atoms with Gasteiger partial charge in [0.1, 0.15) is 22.8 Å². The number of hydrogen-bond acceptors (Lipinski definition) is 4. The molecule has 8 nitrogen and oxygen atoms in total. The second-order valence-electron chi connectivity index (χ2n) is 9.50. The summed E-state index contributed by atoms with van der Waals surface area (Å²) in [5.74, 6) is 0.197. The number of H-pyrrole nitrogens is 1. The highest BCUT2D eigenvalue weighted by molar-refractivity contribution is 6.03. The van der Waals surface area contributed by atoms with Crippen molar-refractivity contribution in [1.29, 1.82) is 0 Å². The van der Waals surface area contributed by atoms with Gasteiger partial charge in [0.05, 0.1) is 6.20 Å². The maximum absolute atomic E-state index is 13.9. The highest BCUT2D eigenvalue weighted by Crippen LogP contribution is 2.38. The number of carbonyl (C=O) groups is 1. The fourth-order valence-electron chi connectivity index (χ4n) is 4.55. The zero-order chi connectivity index (χ0) is 25.7. The minimum absolute atomic E-state index is 0.144. The van der Waals surface area contributed by atoms with Gasteiger partial charge in [-0.05, 0) is 62.4 Å². The first-order valence-corrected chi connectivity index (χ1v) is 11.8. The van der Waals surface area contributed by atoms with E-state index < -0.39 is 0 Å². The number of ether oxygens (including phenoxy) is 1. The summed E-state index contributed by atoms with van der Waals surface area (Å²) in [5.41, 5.74) is 2.18. The molecule has 0 radical (unpaired) electrons. The Bertz CT molecular complexity index is 1620. The smallest absolute Gasteiger partial charge is 0.274 e. The summed E-state index contributed by atoms with van der Waals surface area (Å²) in [4.78, 5) is 41.4. The Hall–Kier alpha value is -4.14. The molecule has 1 fully saturated rings. The van der Waals surface area contributed by atoms with Gasteiger partial charge in [-0.1, -0.05) is 0 Å². The topological polar surface area (TPSA) is 98.1 Å². The molecule has 4 aromatic rings. The molecule has 0 aliphatic heterocycles. The first-order valence-electron chi connectivity index (χ1n) is 11.8. The fraction of sp³-hybridized carbons (Fsp3) is 0.296. The summed E-state index contributed by atoms with van der Waals surface area (Å²) >= 11 is 0. The monoisotopic (exact) mass is 490 g/mol. The van der Waals surface area contributed by atoms with Crippen LogP contribution in [0.4, 0.5) is 4.39 Å². The lowest BCUT2D eigenvalue weighted by Gasteiger charge is -2.25. The van der Waals surface area contributed by atoms with Crippen LogP contribution in [0, 0.1) is 19.7 Å². The lowest BCUT2D eigenvalue weighted by Crippen LogP contribution is -2.39. The molecule has 1 saturated carbocycles. The predicted octanol–water partition coefficient (Wildman–Crippen LogP) is 4.06. The van der Waals surface area contributed by atoms with Gasteiger partial charge in [0, 0.05) is 48.9 Å². The zero-order valence-electron chi connectivity index (χ0n) is 20.6. The van der Waals surface area contributed by atoms with Gasteiger partial charge in [-0.2, -0.15) is 0 Å². The second-order valence-corrected chi connectivity index (χ2v) is 9.50. The van der Waals surface area contributed by atoms with Gasteiger partial charge >= 0.3 is 0 Å². The van der Waals surface area contributed by atoms with Crippen LogP contribution >= 0.6 is 0 Å². The van der Waals surface area contributed by atoms with Crippen LogP contribution in [-0.2, 0) is 14.1 Å². The van der Waals surface area contributed by atoms with E-state index in [4.69, 9.17) is 4.74 Å². The van der Waals surface area contributed by atoms with Crippen LogP contribution in [0.1, 0.15) is 40.9 Å². The van der Waals surface area contributed by atoms with Crippen molar-refractivity contribution in [3.63, 3.8) is 0 Å². The van der Waals surface area contributed by atoms with Crippen molar-refractivity contribution < 1.29 is 13.9 Å². The molecule has 1 aliphatic carbocycles. The molecule has 0 bridgehead atoms. The Labute approximate surface area is 206 Å². The van der Waals surface area contributed by atoms with E-state index in [0.29, 0.717) is 39.1 Å². The number of benzene rings is 1. The Morgan fingerprint density at radius 3 is 2.36 bits per heavy atom. The van der Waals surface area contributed by atoms with Crippen LogP contribution < -0.4 is 21.2 Å². The maximum Gasteiger partial charge on any atom is 0.274 e. The third-order valence-corrected chi connectivity index (χ3v) is 6.77. The molecule has 0 spiro atoms. The van der Waals surface area contributed by atoms with Gasteiger partial charge in [0.25, 0.3) is 17.0 Å². The summed E-state index contributed by atoms with van der Waals surface area (Å²) in [7, 11) is 3.22. The lowest BCUT2D eigenvalue weighted by atomic mass is 9.93. The third kappa shape index (κ3) is 4.10. The van der Waals surface area contributed by atoms with Gasteiger partial charge < -0.3 is 24.2 Å². The quantitative estimate of drug-likeness (QED) is 0.441. The highest BCUT2D eigenvalue weighted by atomic mass is 19.1. The Morgan fingerprint density at radius 1 is 1.03 bits per heavy atom. The van der Waals surface area contributed by atoms with Crippen LogP contribution in [0.25, 0.3) is 22.0 Å². The number of rotatable bonds is 5. The minimum atomic E-state index is -0.363. The van der Waals surface area contributed by atoms with E-state index in [0.717, 1.165) is 19.3 Å². The van der Waals surface area contributed by atoms with Crippen LogP contribution in [0.3, 0.4) is 0 Å². The molecule has 1 amide bonds. The molecule has 5 rings (SSSR count). The van der Waals surface area contributed by atoms with E-state index >= 15 is 0 Å². The van der Waals surface area contributed by atoms with E-state index in [1.54, 1.807) is 46.4 Å². The van der Waals surface area contributed by atoms with Gasteiger partial charge in [0.2, 0.25) is 0 Å². The van der Waals surface area contributed by atoms with Crippen molar-refractivity contribution in [2.75, 3.05) is 0 Å². The largest absolute Gasteiger partial charge is 0.455 e. The van der Waals surface area contributed by atoms with Crippen LogP contribution in [-0.4, -0.2) is 26.1 Å². The molecule has 3 aromatic heterocycles. The Balaban J connectivity index is 1.68. The summed E-state index contributed by atoms with van der Waals surface area (Å²) in [6.07, 6.45) is 6.15. The number of fused-ring (bicyclic) bond motifs is 1. The van der Waals surface area contributed by atoms with Gasteiger partial charge in [0.15, 0.2) is 5.75 Å². The van der Waals surface area contributed by atoms with Crippen molar-refractivity contribution in [1.82, 2.24) is 19.4 Å². The normalized spacial score (nSPS) is 13.6. The van der Waals surface area contributed by atoms with Crippen molar-refractivity contribution >= 4 is 16.8 Å². The number of nitrogens with zero attached hydrogens (tertiary/aromatic N) is 2.